The first kappa shape index (κ1) is 13.4. The standard InChI is InChI=1S/C15H13ClO3/c1-10-14(18)12(8-17)7-13(16)15(10)19-9-11-5-3-2-4-6-11/h2-8,18H,9H2,1H3. The van der Waals surface area contributed by atoms with Crippen molar-refractivity contribution < 1.29 is 14.6 Å². The van der Waals surface area contributed by atoms with Gasteiger partial charge in [-0.3, -0.25) is 4.79 Å². The summed E-state index contributed by atoms with van der Waals surface area (Å²) in [6.07, 6.45) is 0.565. The third-order valence-electron chi connectivity index (χ3n) is 2.82. The molecule has 0 atom stereocenters. The third kappa shape index (κ3) is 2.88. The first-order valence-electron chi connectivity index (χ1n) is 5.77. The van der Waals surface area contributed by atoms with Crippen molar-refractivity contribution in [2.24, 2.45) is 0 Å². The lowest BCUT2D eigenvalue weighted by atomic mass is 10.1. The Bertz CT molecular complexity index is 594. The van der Waals surface area contributed by atoms with Gasteiger partial charge in [0.05, 0.1) is 10.6 Å². The highest BCUT2D eigenvalue weighted by Crippen LogP contribution is 2.37. The van der Waals surface area contributed by atoms with Gasteiger partial charge in [-0.15, -0.1) is 0 Å². The lowest BCUT2D eigenvalue weighted by Crippen LogP contribution is -1.99. The number of phenols is 1. The normalized spacial score (nSPS) is 10.2. The van der Waals surface area contributed by atoms with Gasteiger partial charge in [0.1, 0.15) is 18.1 Å². The topological polar surface area (TPSA) is 46.5 Å². The van der Waals surface area contributed by atoms with Gasteiger partial charge in [0, 0.05) is 5.56 Å². The second-order valence-electron chi connectivity index (χ2n) is 4.14. The van der Waals surface area contributed by atoms with E-state index in [2.05, 4.69) is 0 Å². The monoisotopic (exact) mass is 276 g/mol. The zero-order valence-corrected chi connectivity index (χ0v) is 11.1. The van der Waals surface area contributed by atoms with Crippen LogP contribution >= 0.6 is 11.6 Å². The van der Waals surface area contributed by atoms with E-state index in [1.54, 1.807) is 6.92 Å². The lowest BCUT2D eigenvalue weighted by molar-refractivity contribution is 0.112. The molecule has 0 unspecified atom stereocenters. The van der Waals surface area contributed by atoms with Crippen LogP contribution in [0, 0.1) is 6.92 Å². The van der Waals surface area contributed by atoms with Crippen LogP contribution in [0.3, 0.4) is 0 Å². The SMILES string of the molecule is Cc1c(O)c(C=O)cc(Cl)c1OCc1ccccc1. The maximum Gasteiger partial charge on any atom is 0.153 e. The molecule has 0 radical (unpaired) electrons. The van der Waals surface area contributed by atoms with Gasteiger partial charge in [0.15, 0.2) is 6.29 Å². The Hall–Kier alpha value is -2.00. The zero-order chi connectivity index (χ0) is 13.8. The second kappa shape index (κ2) is 5.76. The maximum absolute atomic E-state index is 10.8. The van der Waals surface area contributed by atoms with E-state index in [1.807, 2.05) is 30.3 Å². The van der Waals surface area contributed by atoms with Crippen LogP contribution in [0.1, 0.15) is 21.5 Å². The number of phenolic OH excluding ortho intramolecular Hbond substituents is 1. The maximum atomic E-state index is 10.8. The molecule has 0 spiro atoms. The molecular formula is C15H13ClO3. The summed E-state index contributed by atoms with van der Waals surface area (Å²) in [6.45, 7) is 2.01. The van der Waals surface area contributed by atoms with Crippen molar-refractivity contribution >= 4 is 17.9 Å². The number of aldehydes is 1. The number of aromatic hydroxyl groups is 1. The van der Waals surface area contributed by atoms with Crippen molar-refractivity contribution in [2.45, 2.75) is 13.5 Å². The first-order valence-corrected chi connectivity index (χ1v) is 6.15. The Morgan fingerprint density at radius 3 is 2.63 bits per heavy atom. The van der Waals surface area contributed by atoms with Gasteiger partial charge >= 0.3 is 0 Å². The van der Waals surface area contributed by atoms with Crippen LogP contribution < -0.4 is 4.74 Å². The molecule has 1 N–H and O–H groups in total. The van der Waals surface area contributed by atoms with Gasteiger partial charge in [0.2, 0.25) is 0 Å². The van der Waals surface area contributed by atoms with Crippen LogP contribution in [0.4, 0.5) is 0 Å². The fourth-order valence-corrected chi connectivity index (χ4v) is 2.08. The van der Waals surface area contributed by atoms with Crippen molar-refractivity contribution in [3.63, 3.8) is 0 Å². The molecular weight excluding hydrogens is 264 g/mol. The number of halogens is 1. The Morgan fingerprint density at radius 1 is 1.32 bits per heavy atom. The molecule has 0 saturated heterocycles. The molecule has 4 heteroatoms. The van der Waals surface area contributed by atoms with Gasteiger partial charge in [-0.05, 0) is 18.6 Å². The second-order valence-corrected chi connectivity index (χ2v) is 4.55. The van der Waals surface area contributed by atoms with Crippen molar-refractivity contribution in [3.05, 3.63) is 58.1 Å². The molecule has 98 valence electrons. The number of hydrogen-bond donors (Lipinski definition) is 1. The molecule has 0 aliphatic rings. The van der Waals surface area contributed by atoms with Gasteiger partial charge in [-0.25, -0.2) is 0 Å². The Labute approximate surface area is 116 Å². The lowest BCUT2D eigenvalue weighted by Gasteiger charge is -2.13. The number of benzene rings is 2. The van der Waals surface area contributed by atoms with Gasteiger partial charge in [-0.1, -0.05) is 41.9 Å². The van der Waals surface area contributed by atoms with Gasteiger partial charge in [0.25, 0.3) is 0 Å². The fraction of sp³-hybridized carbons (Fsp3) is 0.133. The summed E-state index contributed by atoms with van der Waals surface area (Å²) >= 11 is 6.06. The van der Waals surface area contributed by atoms with Crippen molar-refractivity contribution in [1.82, 2.24) is 0 Å². The molecule has 0 aliphatic heterocycles. The highest BCUT2D eigenvalue weighted by Gasteiger charge is 2.14. The Kier molecular flexibility index (Phi) is 4.07. The van der Waals surface area contributed by atoms with E-state index in [9.17, 15) is 9.90 Å². The molecule has 0 saturated carbocycles. The van der Waals surface area contributed by atoms with Gasteiger partial charge < -0.3 is 9.84 Å². The number of rotatable bonds is 4. The van der Waals surface area contributed by atoms with Crippen molar-refractivity contribution in [3.8, 4) is 11.5 Å². The predicted molar refractivity (Wildman–Crippen MR) is 74.0 cm³/mol. The molecule has 19 heavy (non-hydrogen) atoms. The molecule has 0 fully saturated rings. The van der Waals surface area contributed by atoms with E-state index in [4.69, 9.17) is 16.3 Å². The molecule has 2 aromatic rings. The van der Waals surface area contributed by atoms with Crippen LogP contribution in [0.2, 0.25) is 5.02 Å². The molecule has 3 nitrogen and oxygen atoms in total. The third-order valence-corrected chi connectivity index (χ3v) is 3.10. The number of ether oxygens (including phenoxy) is 1. The molecule has 0 aliphatic carbocycles. The molecule has 2 rings (SSSR count). The largest absolute Gasteiger partial charge is 0.507 e. The Balaban J connectivity index is 2.26. The molecule has 0 amide bonds. The van der Waals surface area contributed by atoms with Crippen LogP contribution in [0.15, 0.2) is 36.4 Å². The van der Waals surface area contributed by atoms with E-state index >= 15 is 0 Å². The molecule has 0 heterocycles. The molecule has 0 aromatic heterocycles. The summed E-state index contributed by atoms with van der Waals surface area (Å²) in [5.41, 5.74) is 1.62. The van der Waals surface area contributed by atoms with E-state index in [0.717, 1.165) is 5.56 Å². The highest BCUT2D eigenvalue weighted by atomic mass is 35.5. The minimum absolute atomic E-state index is 0.0949. The Morgan fingerprint density at radius 2 is 2.00 bits per heavy atom. The first-order chi connectivity index (χ1) is 9.13. The fourth-order valence-electron chi connectivity index (χ4n) is 1.77. The van der Waals surface area contributed by atoms with Gasteiger partial charge in [-0.2, -0.15) is 0 Å². The van der Waals surface area contributed by atoms with E-state index in [1.165, 1.54) is 6.07 Å². The summed E-state index contributed by atoms with van der Waals surface area (Å²) in [5.74, 6) is 0.302. The van der Waals surface area contributed by atoms with Crippen LogP contribution in [-0.2, 0) is 6.61 Å². The van der Waals surface area contributed by atoms with Crippen LogP contribution in [-0.4, -0.2) is 11.4 Å². The summed E-state index contributed by atoms with van der Waals surface area (Å²) in [4.78, 5) is 10.8. The minimum atomic E-state index is -0.0949. The number of carbonyl (C=O) groups excluding carboxylic acids is 1. The summed E-state index contributed by atoms with van der Waals surface area (Å²) < 4.78 is 5.63. The summed E-state index contributed by atoms with van der Waals surface area (Å²) in [7, 11) is 0. The van der Waals surface area contributed by atoms with E-state index < -0.39 is 0 Å². The van der Waals surface area contributed by atoms with Crippen LogP contribution in [0.25, 0.3) is 0 Å². The predicted octanol–water partition coefficient (Wildman–Crippen LogP) is 3.75. The number of carbonyl (C=O) groups is 1. The van der Waals surface area contributed by atoms with Crippen molar-refractivity contribution in [1.29, 1.82) is 0 Å². The minimum Gasteiger partial charge on any atom is -0.507 e. The molecule has 0 bridgehead atoms. The van der Waals surface area contributed by atoms with E-state index in [0.29, 0.717) is 29.2 Å². The zero-order valence-electron chi connectivity index (χ0n) is 10.4. The highest BCUT2D eigenvalue weighted by molar-refractivity contribution is 6.32. The average Bonchev–Trinajstić information content (AvgIpc) is 2.44. The summed E-state index contributed by atoms with van der Waals surface area (Å²) in [6, 6.07) is 11.0. The van der Waals surface area contributed by atoms with Crippen LogP contribution in [0.5, 0.6) is 11.5 Å². The quantitative estimate of drug-likeness (QED) is 0.865. The summed E-state index contributed by atoms with van der Waals surface area (Å²) in [5, 5.41) is 10.1. The number of hydrogen-bond acceptors (Lipinski definition) is 3. The van der Waals surface area contributed by atoms with Crippen molar-refractivity contribution in [2.75, 3.05) is 0 Å². The van der Waals surface area contributed by atoms with E-state index in [-0.39, 0.29) is 11.3 Å². The average molecular weight is 277 g/mol. The smallest absolute Gasteiger partial charge is 0.153 e. The molecule has 2 aromatic carbocycles.